The minimum atomic E-state index is -2.73. The maximum Gasteiger partial charge on any atom is 0.0992 e. The van der Waals surface area contributed by atoms with Crippen LogP contribution in [0.25, 0.3) is 0 Å². The topological polar surface area (TPSA) is 34.1 Å². The van der Waals surface area contributed by atoms with Crippen LogP contribution in [0.1, 0.15) is 29.2 Å². The first-order valence-electron chi connectivity index (χ1n) is 12.2. The Morgan fingerprint density at radius 1 is 0.486 bits per heavy atom. The SMILES string of the molecule is CC(CP(=O)(Cc1ccccc1)Cc1ccccc1)P(=O)(Cc1ccccc1)Cc1ccccc1. The zero-order valence-electron chi connectivity index (χ0n) is 20.4. The predicted octanol–water partition coefficient (Wildman–Crippen LogP) is 8.90. The van der Waals surface area contributed by atoms with E-state index in [9.17, 15) is 9.13 Å². The van der Waals surface area contributed by atoms with E-state index in [2.05, 4.69) is 55.5 Å². The first-order chi connectivity index (χ1) is 16.9. The molecule has 0 saturated heterocycles. The molecule has 4 aromatic carbocycles. The van der Waals surface area contributed by atoms with Crippen molar-refractivity contribution in [3.8, 4) is 0 Å². The zero-order chi connectivity index (χ0) is 24.6. The smallest absolute Gasteiger partial charge is 0.0992 e. The van der Waals surface area contributed by atoms with E-state index in [1.165, 1.54) is 0 Å². The third-order valence-corrected chi connectivity index (χ3v) is 13.6. The van der Waals surface area contributed by atoms with E-state index in [1.807, 2.05) is 72.8 Å². The van der Waals surface area contributed by atoms with Crippen LogP contribution in [0, 0.1) is 0 Å². The molecule has 2 nitrogen and oxygen atoms in total. The van der Waals surface area contributed by atoms with Gasteiger partial charge in [-0.2, -0.15) is 0 Å². The van der Waals surface area contributed by atoms with E-state index in [0.29, 0.717) is 30.8 Å². The number of hydrogen-bond donors (Lipinski definition) is 0. The van der Waals surface area contributed by atoms with Gasteiger partial charge < -0.3 is 9.13 Å². The summed E-state index contributed by atoms with van der Waals surface area (Å²) in [6.07, 6.45) is 2.60. The number of rotatable bonds is 11. The number of benzene rings is 4. The van der Waals surface area contributed by atoms with Crippen LogP contribution in [-0.2, 0) is 33.8 Å². The van der Waals surface area contributed by atoms with Gasteiger partial charge >= 0.3 is 0 Å². The standard InChI is InChI=1S/C31H34O2P2/c1-27(35(33,25-30-18-10-4-11-19-30)26-31-20-12-5-13-21-31)22-34(32,23-28-14-6-2-7-15-28)24-29-16-8-3-9-17-29/h2-21,27H,22-26H2,1H3. The average molecular weight is 501 g/mol. The van der Waals surface area contributed by atoms with Gasteiger partial charge in [0.05, 0.1) is 14.3 Å². The van der Waals surface area contributed by atoms with E-state index in [4.69, 9.17) is 0 Å². The molecular formula is C31H34O2P2. The van der Waals surface area contributed by atoms with Crippen molar-refractivity contribution in [2.24, 2.45) is 0 Å². The van der Waals surface area contributed by atoms with Crippen molar-refractivity contribution in [2.45, 2.75) is 37.2 Å². The molecule has 4 heteroatoms. The summed E-state index contributed by atoms with van der Waals surface area (Å²) in [5, 5.41) is 0. The third kappa shape index (κ3) is 7.41. The van der Waals surface area contributed by atoms with Crippen molar-refractivity contribution >= 4 is 14.3 Å². The fourth-order valence-corrected chi connectivity index (χ4v) is 12.4. The van der Waals surface area contributed by atoms with Gasteiger partial charge in [0.2, 0.25) is 0 Å². The van der Waals surface area contributed by atoms with E-state index < -0.39 is 14.3 Å². The molecule has 35 heavy (non-hydrogen) atoms. The van der Waals surface area contributed by atoms with Crippen molar-refractivity contribution in [2.75, 3.05) is 6.16 Å². The summed E-state index contributed by atoms with van der Waals surface area (Å²) in [4.78, 5) is 0. The van der Waals surface area contributed by atoms with Gasteiger partial charge in [0.25, 0.3) is 0 Å². The lowest BCUT2D eigenvalue weighted by atomic mass is 10.2. The minimum Gasteiger partial charge on any atom is -0.323 e. The fraction of sp³-hybridized carbons (Fsp3) is 0.226. The molecule has 0 radical (unpaired) electrons. The van der Waals surface area contributed by atoms with Gasteiger partial charge in [-0.15, -0.1) is 0 Å². The summed E-state index contributed by atoms with van der Waals surface area (Å²) in [5.41, 5.74) is 4.18. The van der Waals surface area contributed by atoms with Gasteiger partial charge in [0.1, 0.15) is 0 Å². The van der Waals surface area contributed by atoms with Gasteiger partial charge in [-0.1, -0.05) is 128 Å². The van der Waals surface area contributed by atoms with Crippen molar-refractivity contribution in [3.05, 3.63) is 144 Å². The van der Waals surface area contributed by atoms with Crippen molar-refractivity contribution in [1.29, 1.82) is 0 Å². The van der Waals surface area contributed by atoms with Gasteiger partial charge in [0.15, 0.2) is 0 Å². The highest BCUT2D eigenvalue weighted by Crippen LogP contribution is 2.63. The van der Waals surface area contributed by atoms with Crippen molar-refractivity contribution < 1.29 is 9.13 Å². The highest BCUT2D eigenvalue weighted by Gasteiger charge is 2.36. The molecule has 0 N–H and O–H groups in total. The van der Waals surface area contributed by atoms with Crippen LogP contribution in [-0.4, -0.2) is 11.8 Å². The Morgan fingerprint density at radius 3 is 1.09 bits per heavy atom. The normalized spacial score (nSPS) is 12.8. The molecule has 0 aromatic heterocycles. The Hall–Kier alpha value is -2.66. The molecule has 0 fully saturated rings. The monoisotopic (exact) mass is 500 g/mol. The summed E-state index contributed by atoms with van der Waals surface area (Å²) in [6.45, 7) is 2.06. The second-order valence-corrected chi connectivity index (χ2v) is 16.1. The molecule has 0 aliphatic carbocycles. The minimum absolute atomic E-state index is 0.152. The largest absolute Gasteiger partial charge is 0.323 e. The highest BCUT2D eigenvalue weighted by molar-refractivity contribution is 7.66. The van der Waals surface area contributed by atoms with E-state index in [-0.39, 0.29) is 5.66 Å². The van der Waals surface area contributed by atoms with Crippen LogP contribution in [0.5, 0.6) is 0 Å². The van der Waals surface area contributed by atoms with E-state index in [0.717, 1.165) is 22.3 Å². The molecule has 4 aromatic rings. The second-order valence-electron chi connectivity index (χ2n) is 9.62. The maximum atomic E-state index is 14.7. The molecule has 0 spiro atoms. The summed E-state index contributed by atoms with van der Waals surface area (Å²) in [5.74, 6) is 0. The third-order valence-electron chi connectivity index (χ3n) is 6.61. The molecule has 0 heterocycles. The Kier molecular flexibility index (Phi) is 8.61. The molecular weight excluding hydrogens is 466 g/mol. The molecule has 180 valence electrons. The van der Waals surface area contributed by atoms with Crippen LogP contribution in [0.4, 0.5) is 0 Å². The van der Waals surface area contributed by atoms with E-state index >= 15 is 0 Å². The molecule has 0 aliphatic heterocycles. The number of hydrogen-bond acceptors (Lipinski definition) is 2. The maximum absolute atomic E-state index is 14.7. The lowest BCUT2D eigenvalue weighted by Crippen LogP contribution is -2.15. The van der Waals surface area contributed by atoms with Gasteiger partial charge in [-0.3, -0.25) is 0 Å². The van der Waals surface area contributed by atoms with Crippen LogP contribution in [0.3, 0.4) is 0 Å². The van der Waals surface area contributed by atoms with Crippen LogP contribution < -0.4 is 0 Å². The summed E-state index contributed by atoms with van der Waals surface area (Å²) in [6, 6.07) is 40.4. The van der Waals surface area contributed by atoms with Crippen LogP contribution >= 0.6 is 14.3 Å². The Bertz CT molecular complexity index is 1180. The quantitative estimate of drug-likeness (QED) is 0.193. The molecule has 1 unspecified atom stereocenters. The first kappa shape index (κ1) is 25.4. The van der Waals surface area contributed by atoms with E-state index in [1.54, 1.807) is 0 Å². The lowest BCUT2D eigenvalue weighted by molar-refractivity contribution is 0.558. The van der Waals surface area contributed by atoms with Gasteiger partial charge in [0, 0.05) is 36.5 Å². The first-order valence-corrected chi connectivity index (χ1v) is 16.7. The van der Waals surface area contributed by atoms with Crippen LogP contribution in [0.15, 0.2) is 121 Å². The zero-order valence-corrected chi connectivity index (χ0v) is 22.2. The Morgan fingerprint density at radius 2 is 0.771 bits per heavy atom. The highest BCUT2D eigenvalue weighted by atomic mass is 31.2. The van der Waals surface area contributed by atoms with Gasteiger partial charge in [-0.05, 0) is 22.3 Å². The van der Waals surface area contributed by atoms with Crippen molar-refractivity contribution in [3.63, 3.8) is 0 Å². The summed E-state index contributed by atoms with van der Waals surface area (Å²) >= 11 is 0. The molecule has 0 saturated carbocycles. The molecule has 4 rings (SSSR count). The molecule has 0 aliphatic rings. The van der Waals surface area contributed by atoms with Crippen molar-refractivity contribution in [1.82, 2.24) is 0 Å². The molecule has 1 atom stereocenters. The second kappa shape index (κ2) is 11.9. The average Bonchev–Trinajstić information content (AvgIpc) is 2.86. The van der Waals surface area contributed by atoms with Gasteiger partial charge in [-0.25, -0.2) is 0 Å². The fourth-order valence-electron chi connectivity index (χ4n) is 4.80. The summed E-state index contributed by atoms with van der Waals surface area (Å²) < 4.78 is 29.3. The Balaban J connectivity index is 1.65. The molecule has 0 amide bonds. The Labute approximate surface area is 210 Å². The predicted molar refractivity (Wildman–Crippen MR) is 150 cm³/mol. The van der Waals surface area contributed by atoms with Crippen LogP contribution in [0.2, 0.25) is 0 Å². The molecule has 0 bridgehead atoms. The lowest BCUT2D eigenvalue weighted by Gasteiger charge is -2.29. The summed E-state index contributed by atoms with van der Waals surface area (Å²) in [7, 11) is -5.43.